The van der Waals surface area contributed by atoms with Crippen molar-refractivity contribution in [3.8, 4) is 0 Å². The van der Waals surface area contributed by atoms with Crippen LogP contribution in [0.3, 0.4) is 0 Å². The maximum absolute atomic E-state index is 12.4. The van der Waals surface area contributed by atoms with E-state index in [9.17, 15) is 4.79 Å². The van der Waals surface area contributed by atoms with Crippen molar-refractivity contribution in [3.05, 3.63) is 41.3 Å². The number of piperidine rings is 1. The van der Waals surface area contributed by atoms with Crippen LogP contribution in [0.15, 0.2) is 22.9 Å². The van der Waals surface area contributed by atoms with Crippen molar-refractivity contribution in [2.24, 2.45) is 5.92 Å². The molecule has 0 N–H and O–H groups in total. The molecule has 0 bridgehead atoms. The fourth-order valence-electron chi connectivity index (χ4n) is 3.36. The smallest absolute Gasteiger partial charge is 0.227 e. The Morgan fingerprint density at radius 2 is 2.16 bits per heavy atom. The van der Waals surface area contributed by atoms with Crippen LogP contribution in [0.4, 0.5) is 0 Å². The SMILES string of the molecule is CCc1noc(CCC(=O)N2CCC(Cc3ccnc(C)c3)CC2)n1. The predicted molar refractivity (Wildman–Crippen MR) is 94.0 cm³/mol. The van der Waals surface area contributed by atoms with E-state index in [0.29, 0.717) is 30.5 Å². The van der Waals surface area contributed by atoms with Crippen LogP contribution in [0.25, 0.3) is 0 Å². The van der Waals surface area contributed by atoms with Crippen LogP contribution in [-0.4, -0.2) is 39.0 Å². The Balaban J connectivity index is 1.42. The van der Waals surface area contributed by atoms with Crippen LogP contribution < -0.4 is 0 Å². The van der Waals surface area contributed by atoms with Crippen LogP contribution in [-0.2, 0) is 24.1 Å². The highest BCUT2D eigenvalue weighted by Gasteiger charge is 2.23. The first-order valence-electron chi connectivity index (χ1n) is 9.14. The molecule has 3 rings (SSSR count). The summed E-state index contributed by atoms with van der Waals surface area (Å²) in [5.41, 5.74) is 2.41. The molecule has 134 valence electrons. The topological polar surface area (TPSA) is 72.1 Å². The molecule has 25 heavy (non-hydrogen) atoms. The molecule has 0 aromatic carbocycles. The number of hydrogen-bond donors (Lipinski definition) is 0. The molecule has 6 heteroatoms. The number of pyridine rings is 1. The molecule has 6 nitrogen and oxygen atoms in total. The third kappa shape index (κ3) is 4.87. The summed E-state index contributed by atoms with van der Waals surface area (Å²) in [5, 5.41) is 3.87. The fourth-order valence-corrected chi connectivity index (χ4v) is 3.36. The standard InChI is InChI=1S/C19H26N4O2/c1-3-17-21-18(25-22-17)4-5-19(24)23-10-7-15(8-11-23)13-16-6-9-20-14(2)12-16/h6,9,12,15H,3-5,7-8,10-11,13H2,1-2H3. The fraction of sp³-hybridized carbons (Fsp3) is 0.579. The zero-order valence-corrected chi connectivity index (χ0v) is 15.1. The number of carbonyl (C=O) groups is 1. The Bertz CT molecular complexity index is 705. The van der Waals surface area contributed by atoms with Crippen molar-refractivity contribution < 1.29 is 9.32 Å². The van der Waals surface area contributed by atoms with Gasteiger partial charge in [-0.3, -0.25) is 9.78 Å². The Kier molecular flexibility index (Phi) is 5.79. The van der Waals surface area contributed by atoms with E-state index >= 15 is 0 Å². The summed E-state index contributed by atoms with van der Waals surface area (Å²) in [6.07, 6.45) is 6.81. The molecular formula is C19H26N4O2. The minimum absolute atomic E-state index is 0.189. The summed E-state index contributed by atoms with van der Waals surface area (Å²) in [5.74, 6) is 2.10. The van der Waals surface area contributed by atoms with Gasteiger partial charge in [-0.05, 0) is 49.8 Å². The molecule has 1 aliphatic heterocycles. The molecular weight excluding hydrogens is 316 g/mol. The van der Waals surface area contributed by atoms with E-state index in [1.54, 1.807) is 0 Å². The Hall–Kier alpha value is -2.24. The molecule has 0 saturated carbocycles. The zero-order chi connectivity index (χ0) is 17.6. The second-order valence-corrected chi connectivity index (χ2v) is 6.79. The van der Waals surface area contributed by atoms with E-state index in [4.69, 9.17) is 4.52 Å². The second kappa shape index (κ2) is 8.23. The molecule has 3 heterocycles. The summed E-state index contributed by atoms with van der Waals surface area (Å²) < 4.78 is 5.15. The number of carbonyl (C=O) groups excluding carboxylic acids is 1. The number of amides is 1. The van der Waals surface area contributed by atoms with Gasteiger partial charge in [0.2, 0.25) is 11.8 Å². The lowest BCUT2D eigenvalue weighted by molar-refractivity contribution is -0.132. The molecule has 1 saturated heterocycles. The zero-order valence-electron chi connectivity index (χ0n) is 15.1. The third-order valence-electron chi connectivity index (χ3n) is 4.83. The van der Waals surface area contributed by atoms with Gasteiger partial charge in [-0.15, -0.1) is 0 Å². The Labute approximate surface area is 148 Å². The molecule has 1 aliphatic rings. The van der Waals surface area contributed by atoms with E-state index < -0.39 is 0 Å². The molecule has 2 aromatic heterocycles. The van der Waals surface area contributed by atoms with Gasteiger partial charge in [-0.25, -0.2) is 0 Å². The van der Waals surface area contributed by atoms with Crippen molar-refractivity contribution in [1.82, 2.24) is 20.0 Å². The van der Waals surface area contributed by atoms with Gasteiger partial charge in [0.15, 0.2) is 5.82 Å². The minimum atomic E-state index is 0.189. The van der Waals surface area contributed by atoms with Crippen LogP contribution in [0, 0.1) is 12.8 Å². The van der Waals surface area contributed by atoms with Crippen LogP contribution in [0.1, 0.15) is 49.2 Å². The van der Waals surface area contributed by atoms with Gasteiger partial charge in [0.1, 0.15) is 0 Å². The van der Waals surface area contributed by atoms with Crippen LogP contribution >= 0.6 is 0 Å². The number of hydrogen-bond acceptors (Lipinski definition) is 5. The maximum Gasteiger partial charge on any atom is 0.227 e. The average molecular weight is 342 g/mol. The molecule has 2 aromatic rings. The lowest BCUT2D eigenvalue weighted by Crippen LogP contribution is -2.39. The third-order valence-corrected chi connectivity index (χ3v) is 4.83. The van der Waals surface area contributed by atoms with Gasteiger partial charge in [-0.1, -0.05) is 12.1 Å². The van der Waals surface area contributed by atoms with Crippen molar-refractivity contribution in [2.45, 2.75) is 52.4 Å². The Morgan fingerprint density at radius 1 is 1.36 bits per heavy atom. The largest absolute Gasteiger partial charge is 0.343 e. The van der Waals surface area contributed by atoms with Gasteiger partial charge in [0.25, 0.3) is 0 Å². The summed E-state index contributed by atoms with van der Waals surface area (Å²) in [6, 6.07) is 4.26. The van der Waals surface area contributed by atoms with Gasteiger partial charge in [0, 0.05) is 44.2 Å². The van der Waals surface area contributed by atoms with Gasteiger partial charge < -0.3 is 9.42 Å². The van der Waals surface area contributed by atoms with Crippen molar-refractivity contribution in [3.63, 3.8) is 0 Å². The molecule has 0 radical (unpaired) electrons. The second-order valence-electron chi connectivity index (χ2n) is 6.79. The molecule has 0 atom stereocenters. The van der Waals surface area contributed by atoms with Gasteiger partial charge in [-0.2, -0.15) is 4.98 Å². The Morgan fingerprint density at radius 3 is 2.84 bits per heavy atom. The number of likely N-dealkylation sites (tertiary alicyclic amines) is 1. The monoisotopic (exact) mass is 342 g/mol. The number of rotatable bonds is 6. The van der Waals surface area contributed by atoms with Crippen molar-refractivity contribution in [2.75, 3.05) is 13.1 Å². The van der Waals surface area contributed by atoms with Crippen LogP contribution in [0.5, 0.6) is 0 Å². The first-order valence-corrected chi connectivity index (χ1v) is 9.14. The average Bonchev–Trinajstić information content (AvgIpc) is 3.08. The lowest BCUT2D eigenvalue weighted by atomic mass is 9.90. The van der Waals surface area contributed by atoms with E-state index in [1.165, 1.54) is 5.56 Å². The maximum atomic E-state index is 12.4. The van der Waals surface area contributed by atoms with Crippen LogP contribution in [0.2, 0.25) is 0 Å². The highest BCUT2D eigenvalue weighted by molar-refractivity contribution is 5.76. The highest BCUT2D eigenvalue weighted by atomic mass is 16.5. The van der Waals surface area contributed by atoms with E-state index in [0.717, 1.165) is 44.5 Å². The first kappa shape index (κ1) is 17.6. The van der Waals surface area contributed by atoms with E-state index in [-0.39, 0.29) is 5.91 Å². The first-order chi connectivity index (χ1) is 12.1. The predicted octanol–water partition coefficient (Wildman–Crippen LogP) is 2.75. The number of nitrogens with zero attached hydrogens (tertiary/aromatic N) is 4. The van der Waals surface area contributed by atoms with E-state index in [1.807, 2.05) is 24.9 Å². The summed E-state index contributed by atoms with van der Waals surface area (Å²) in [7, 11) is 0. The molecule has 0 spiro atoms. The normalized spacial score (nSPS) is 15.5. The lowest BCUT2D eigenvalue weighted by Gasteiger charge is -2.32. The minimum Gasteiger partial charge on any atom is -0.343 e. The van der Waals surface area contributed by atoms with Crippen molar-refractivity contribution in [1.29, 1.82) is 0 Å². The highest BCUT2D eigenvalue weighted by Crippen LogP contribution is 2.22. The quantitative estimate of drug-likeness (QED) is 0.807. The molecule has 1 fully saturated rings. The summed E-state index contributed by atoms with van der Waals surface area (Å²) in [4.78, 5) is 22.9. The van der Waals surface area contributed by atoms with Crippen molar-refractivity contribution >= 4 is 5.91 Å². The molecule has 0 unspecified atom stereocenters. The number of aromatic nitrogens is 3. The summed E-state index contributed by atoms with van der Waals surface area (Å²) in [6.45, 7) is 5.70. The van der Waals surface area contributed by atoms with Gasteiger partial charge >= 0.3 is 0 Å². The van der Waals surface area contributed by atoms with Gasteiger partial charge in [0.05, 0.1) is 0 Å². The van der Waals surface area contributed by atoms with E-state index in [2.05, 4.69) is 27.3 Å². The molecule has 1 amide bonds. The molecule has 0 aliphatic carbocycles. The number of aryl methyl sites for hydroxylation is 3. The summed E-state index contributed by atoms with van der Waals surface area (Å²) >= 11 is 0.